The van der Waals surface area contributed by atoms with Gasteiger partial charge in [-0.1, -0.05) is 0 Å². The number of hydrogen-bond donors (Lipinski definition) is 0. The molecule has 0 aliphatic carbocycles. The Morgan fingerprint density at radius 1 is 1.22 bits per heavy atom. The van der Waals surface area contributed by atoms with Gasteiger partial charge in [0.15, 0.2) is 0 Å². The minimum Gasteiger partial charge on any atom is -0.467 e. The second-order valence-corrected chi connectivity index (χ2v) is 3.94. The molecule has 0 aromatic carbocycles. The van der Waals surface area contributed by atoms with Gasteiger partial charge in [-0.3, -0.25) is 4.98 Å². The van der Waals surface area contributed by atoms with Crippen LogP contribution >= 0.6 is 11.6 Å². The quantitative estimate of drug-likeness (QED) is 0.836. The van der Waals surface area contributed by atoms with Crippen LogP contribution in [0.3, 0.4) is 0 Å². The van der Waals surface area contributed by atoms with Crippen molar-refractivity contribution >= 4 is 17.5 Å². The van der Waals surface area contributed by atoms with Gasteiger partial charge in [-0.05, 0) is 29.3 Å². The van der Waals surface area contributed by atoms with Gasteiger partial charge in [0.2, 0.25) is 11.2 Å². The van der Waals surface area contributed by atoms with Gasteiger partial charge in [0, 0.05) is 26.0 Å². The van der Waals surface area contributed by atoms with E-state index < -0.39 is 0 Å². The summed E-state index contributed by atoms with van der Waals surface area (Å²) >= 11 is 5.80. The molecule has 0 amide bonds. The van der Waals surface area contributed by atoms with Gasteiger partial charge < -0.3 is 9.64 Å². The minimum atomic E-state index is 0.110. The van der Waals surface area contributed by atoms with Crippen LogP contribution in [-0.4, -0.2) is 34.1 Å². The van der Waals surface area contributed by atoms with E-state index in [9.17, 15) is 0 Å². The molecular weight excluding hydrogens is 254 g/mol. The van der Waals surface area contributed by atoms with Crippen LogP contribution in [-0.2, 0) is 6.54 Å². The number of nitrogens with zero attached hydrogens (tertiary/aromatic N) is 5. The number of rotatable bonds is 4. The van der Waals surface area contributed by atoms with Crippen molar-refractivity contribution in [1.82, 2.24) is 19.9 Å². The Bertz CT molecular complexity index is 522. The maximum Gasteiger partial charge on any atom is 0.322 e. The van der Waals surface area contributed by atoms with Crippen molar-refractivity contribution in [3.8, 4) is 6.01 Å². The first-order valence-electron chi connectivity index (χ1n) is 5.24. The van der Waals surface area contributed by atoms with Crippen LogP contribution in [0.25, 0.3) is 0 Å². The second kappa shape index (κ2) is 5.59. The first-order chi connectivity index (χ1) is 8.69. The van der Waals surface area contributed by atoms with Crippen molar-refractivity contribution in [3.63, 3.8) is 0 Å². The molecule has 0 fully saturated rings. The minimum absolute atomic E-state index is 0.110. The lowest BCUT2D eigenvalue weighted by molar-refractivity contribution is 0.378. The van der Waals surface area contributed by atoms with E-state index in [0.717, 1.165) is 5.56 Å². The SMILES string of the molecule is COc1nc(Cl)nc(N(C)Cc2ccncc2)n1. The number of methoxy groups -OCH3 is 1. The molecule has 94 valence electrons. The highest BCUT2D eigenvalue weighted by atomic mass is 35.5. The molecule has 0 unspecified atom stereocenters. The van der Waals surface area contributed by atoms with Crippen LogP contribution in [0.1, 0.15) is 5.56 Å². The second-order valence-electron chi connectivity index (χ2n) is 3.60. The van der Waals surface area contributed by atoms with Crippen LogP contribution in [0.2, 0.25) is 5.28 Å². The maximum atomic E-state index is 5.80. The van der Waals surface area contributed by atoms with Gasteiger partial charge >= 0.3 is 6.01 Å². The zero-order chi connectivity index (χ0) is 13.0. The van der Waals surface area contributed by atoms with Crippen molar-refractivity contribution in [2.24, 2.45) is 0 Å². The molecule has 0 aliphatic rings. The zero-order valence-corrected chi connectivity index (χ0v) is 10.8. The summed E-state index contributed by atoms with van der Waals surface area (Å²) in [5.41, 5.74) is 1.10. The Hall–Kier alpha value is -1.95. The number of pyridine rings is 1. The fourth-order valence-corrected chi connectivity index (χ4v) is 1.56. The summed E-state index contributed by atoms with van der Waals surface area (Å²) in [6, 6.07) is 4.05. The molecule has 2 rings (SSSR count). The third kappa shape index (κ3) is 3.04. The van der Waals surface area contributed by atoms with Gasteiger partial charge in [0.05, 0.1) is 7.11 Å². The molecule has 0 spiro atoms. The number of ether oxygens (including phenoxy) is 1. The Balaban J connectivity index is 2.18. The highest BCUT2D eigenvalue weighted by Crippen LogP contribution is 2.15. The maximum absolute atomic E-state index is 5.80. The molecular formula is C11H12ClN5O. The third-order valence-corrected chi connectivity index (χ3v) is 2.44. The third-order valence-electron chi connectivity index (χ3n) is 2.27. The average Bonchev–Trinajstić information content (AvgIpc) is 2.39. The molecule has 0 bridgehead atoms. The van der Waals surface area contributed by atoms with Gasteiger partial charge in [0.25, 0.3) is 0 Å². The summed E-state index contributed by atoms with van der Waals surface area (Å²) in [7, 11) is 3.35. The Morgan fingerprint density at radius 2 is 1.94 bits per heavy atom. The predicted molar refractivity (Wildman–Crippen MR) is 67.7 cm³/mol. The van der Waals surface area contributed by atoms with E-state index in [1.165, 1.54) is 7.11 Å². The number of halogens is 1. The summed E-state index contributed by atoms with van der Waals surface area (Å²) in [6.45, 7) is 0.645. The summed E-state index contributed by atoms with van der Waals surface area (Å²) in [5, 5.41) is 0.110. The number of hydrogen-bond acceptors (Lipinski definition) is 6. The molecule has 0 atom stereocenters. The Labute approximate surface area is 110 Å². The topological polar surface area (TPSA) is 64.0 Å². The summed E-state index contributed by atoms with van der Waals surface area (Å²) in [5.74, 6) is 0.462. The van der Waals surface area contributed by atoms with Crippen molar-refractivity contribution in [1.29, 1.82) is 0 Å². The summed E-state index contributed by atoms with van der Waals surface area (Å²) in [4.78, 5) is 17.8. The molecule has 0 radical (unpaired) electrons. The molecule has 0 saturated heterocycles. The summed E-state index contributed by atoms with van der Waals surface area (Å²) < 4.78 is 4.95. The monoisotopic (exact) mass is 265 g/mol. The average molecular weight is 266 g/mol. The lowest BCUT2D eigenvalue weighted by Gasteiger charge is -2.17. The Morgan fingerprint density at radius 3 is 2.61 bits per heavy atom. The summed E-state index contributed by atoms with van der Waals surface area (Å²) in [6.07, 6.45) is 3.48. The fourth-order valence-electron chi connectivity index (χ4n) is 1.42. The standard InChI is InChI=1S/C11H12ClN5O/c1-17(7-8-3-5-13-6-4-8)10-14-9(12)15-11(16-10)18-2/h3-6H,7H2,1-2H3. The zero-order valence-electron chi connectivity index (χ0n) is 10.0. The molecule has 0 N–H and O–H groups in total. The molecule has 18 heavy (non-hydrogen) atoms. The number of anilines is 1. The molecule has 7 heteroatoms. The van der Waals surface area contributed by atoms with Crippen LogP contribution in [0.4, 0.5) is 5.95 Å². The normalized spacial score (nSPS) is 10.2. The molecule has 2 aromatic rings. The first-order valence-corrected chi connectivity index (χ1v) is 5.62. The van der Waals surface area contributed by atoms with Crippen molar-refractivity contribution < 1.29 is 4.74 Å². The van der Waals surface area contributed by atoms with E-state index >= 15 is 0 Å². The van der Waals surface area contributed by atoms with Crippen molar-refractivity contribution in [2.45, 2.75) is 6.54 Å². The van der Waals surface area contributed by atoms with E-state index in [4.69, 9.17) is 16.3 Å². The van der Waals surface area contributed by atoms with E-state index in [2.05, 4.69) is 19.9 Å². The van der Waals surface area contributed by atoms with E-state index in [0.29, 0.717) is 12.5 Å². The van der Waals surface area contributed by atoms with Gasteiger partial charge in [-0.15, -0.1) is 0 Å². The lowest BCUT2D eigenvalue weighted by Crippen LogP contribution is -2.19. The van der Waals surface area contributed by atoms with Crippen LogP contribution in [0, 0.1) is 0 Å². The van der Waals surface area contributed by atoms with Crippen molar-refractivity contribution in [2.75, 3.05) is 19.1 Å². The number of aromatic nitrogens is 4. The van der Waals surface area contributed by atoms with E-state index in [-0.39, 0.29) is 11.3 Å². The van der Waals surface area contributed by atoms with Crippen LogP contribution in [0.5, 0.6) is 6.01 Å². The predicted octanol–water partition coefficient (Wildman–Crippen LogP) is 1.56. The fraction of sp³-hybridized carbons (Fsp3) is 0.273. The Kier molecular flexibility index (Phi) is 3.88. The van der Waals surface area contributed by atoms with E-state index in [1.807, 2.05) is 24.1 Å². The first kappa shape index (κ1) is 12.5. The molecule has 0 saturated carbocycles. The van der Waals surface area contributed by atoms with Gasteiger partial charge in [-0.2, -0.15) is 15.0 Å². The smallest absolute Gasteiger partial charge is 0.322 e. The van der Waals surface area contributed by atoms with Crippen LogP contribution < -0.4 is 9.64 Å². The molecule has 2 heterocycles. The lowest BCUT2D eigenvalue weighted by atomic mass is 10.2. The van der Waals surface area contributed by atoms with Gasteiger partial charge in [0.1, 0.15) is 0 Å². The molecule has 0 aliphatic heterocycles. The van der Waals surface area contributed by atoms with Gasteiger partial charge in [-0.25, -0.2) is 0 Å². The highest BCUT2D eigenvalue weighted by molar-refractivity contribution is 6.28. The van der Waals surface area contributed by atoms with E-state index in [1.54, 1.807) is 12.4 Å². The van der Waals surface area contributed by atoms with Crippen LogP contribution in [0.15, 0.2) is 24.5 Å². The highest BCUT2D eigenvalue weighted by Gasteiger charge is 2.10. The molecule has 6 nitrogen and oxygen atoms in total. The van der Waals surface area contributed by atoms with Crippen molar-refractivity contribution in [3.05, 3.63) is 35.4 Å². The molecule has 2 aromatic heterocycles. The largest absolute Gasteiger partial charge is 0.467 e.